The minimum absolute atomic E-state index is 0.0848. The molecule has 3 aromatic rings. The molecule has 0 saturated carbocycles. The van der Waals surface area contributed by atoms with E-state index in [0.717, 1.165) is 0 Å². The lowest BCUT2D eigenvalue weighted by molar-refractivity contribution is -0.125. The number of amides is 2. The largest absolute Gasteiger partial charge is 0.475 e. The minimum atomic E-state index is -1.77. The Morgan fingerprint density at radius 3 is 2.23 bits per heavy atom. The van der Waals surface area contributed by atoms with Gasteiger partial charge in [-0.05, 0) is 61.7 Å². The van der Waals surface area contributed by atoms with Gasteiger partial charge >= 0.3 is 7.12 Å². The Kier molecular flexibility index (Phi) is 10.4. The summed E-state index contributed by atoms with van der Waals surface area (Å²) >= 11 is 0. The quantitative estimate of drug-likeness (QED) is 0.195. The number of benzene rings is 2. The van der Waals surface area contributed by atoms with Crippen LogP contribution < -0.4 is 15.4 Å². The summed E-state index contributed by atoms with van der Waals surface area (Å²) in [5.74, 6) is -1.88. The van der Waals surface area contributed by atoms with Gasteiger partial charge in [0.05, 0.1) is 17.6 Å². The van der Waals surface area contributed by atoms with Crippen molar-refractivity contribution in [3.63, 3.8) is 0 Å². The predicted molar refractivity (Wildman–Crippen MR) is 147 cm³/mol. The third kappa shape index (κ3) is 8.80. The standard InChI is InChI=1S/C28H35BN4O6/c1-18(2)14-26(29(37)38)31-27(35)21(17-30-28(36)24-15-19(3)32-33(24)4)16-25(34)20-10-12-23(13-11-20)39-22-8-6-5-7-9-22/h5-13,15,18,21,26,37-38H,14,16-17H2,1-4H3,(H,30,36)(H,31,35)/t21-,26-/m0/s1. The number of hydrogen-bond acceptors (Lipinski definition) is 7. The van der Waals surface area contributed by atoms with Gasteiger partial charge in [0, 0.05) is 25.6 Å². The Hall–Kier alpha value is -3.96. The maximum Gasteiger partial charge on any atom is 0.475 e. The van der Waals surface area contributed by atoms with E-state index in [-0.39, 0.29) is 24.7 Å². The maximum absolute atomic E-state index is 13.2. The van der Waals surface area contributed by atoms with Crippen LogP contribution >= 0.6 is 0 Å². The van der Waals surface area contributed by atoms with Crippen LogP contribution in [0.3, 0.4) is 0 Å². The molecule has 0 aliphatic heterocycles. The van der Waals surface area contributed by atoms with E-state index < -0.39 is 30.8 Å². The lowest BCUT2D eigenvalue weighted by Gasteiger charge is -2.23. The average molecular weight is 534 g/mol. The van der Waals surface area contributed by atoms with Crippen LogP contribution in [0.4, 0.5) is 0 Å². The molecule has 0 aliphatic carbocycles. The zero-order valence-electron chi connectivity index (χ0n) is 22.6. The van der Waals surface area contributed by atoms with E-state index in [9.17, 15) is 24.4 Å². The zero-order valence-corrected chi connectivity index (χ0v) is 22.6. The molecule has 3 rings (SSSR count). The molecule has 0 unspecified atom stereocenters. The SMILES string of the molecule is Cc1cc(C(=O)NC[C@H](CC(=O)c2ccc(Oc3ccccc3)cc2)C(=O)N[C@@H](CC(C)C)B(O)O)n(C)n1. The summed E-state index contributed by atoms with van der Waals surface area (Å²) in [4.78, 5) is 39.1. The third-order valence-electron chi connectivity index (χ3n) is 6.11. The summed E-state index contributed by atoms with van der Waals surface area (Å²) in [6.45, 7) is 5.41. The Labute approximate surface area is 228 Å². The number of carbonyl (C=O) groups is 3. The van der Waals surface area contributed by atoms with Crippen molar-refractivity contribution in [2.75, 3.05) is 6.54 Å². The fourth-order valence-corrected chi connectivity index (χ4v) is 4.13. The molecule has 0 radical (unpaired) electrons. The first kappa shape index (κ1) is 29.6. The number of Topliss-reactive ketones (excluding diaryl/α,β-unsaturated/α-hetero) is 1. The molecular formula is C28H35BN4O6. The van der Waals surface area contributed by atoms with Crippen molar-refractivity contribution in [1.82, 2.24) is 20.4 Å². The second kappa shape index (κ2) is 13.7. The molecule has 10 nitrogen and oxygen atoms in total. The number of aryl methyl sites for hydroxylation is 2. The normalized spacial score (nSPS) is 12.5. The lowest BCUT2D eigenvalue weighted by Crippen LogP contribution is -2.51. The van der Waals surface area contributed by atoms with Gasteiger partial charge in [0.25, 0.3) is 5.91 Å². The molecule has 0 saturated heterocycles. The number of rotatable bonds is 13. The van der Waals surface area contributed by atoms with E-state index in [0.29, 0.717) is 34.9 Å². The van der Waals surface area contributed by atoms with Crippen molar-refractivity contribution >= 4 is 24.7 Å². The molecule has 4 N–H and O–H groups in total. The zero-order chi connectivity index (χ0) is 28.5. The van der Waals surface area contributed by atoms with Gasteiger partial charge in [-0.15, -0.1) is 0 Å². The topological polar surface area (TPSA) is 143 Å². The van der Waals surface area contributed by atoms with Crippen LogP contribution in [0.1, 0.15) is 53.2 Å². The molecule has 0 fully saturated rings. The van der Waals surface area contributed by atoms with Crippen molar-refractivity contribution < 1.29 is 29.2 Å². The number of hydrogen-bond donors (Lipinski definition) is 4. The van der Waals surface area contributed by atoms with E-state index >= 15 is 0 Å². The second-order valence-electron chi connectivity index (χ2n) is 9.93. The average Bonchev–Trinajstić information content (AvgIpc) is 3.24. The Morgan fingerprint density at radius 2 is 1.67 bits per heavy atom. The van der Waals surface area contributed by atoms with E-state index in [1.165, 1.54) is 4.68 Å². The number of nitrogens with zero attached hydrogens (tertiary/aromatic N) is 2. The van der Waals surface area contributed by atoms with Gasteiger partial charge < -0.3 is 25.4 Å². The smallest absolute Gasteiger partial charge is 0.457 e. The van der Waals surface area contributed by atoms with Crippen LogP contribution in [-0.2, 0) is 11.8 Å². The van der Waals surface area contributed by atoms with Gasteiger partial charge in [0.2, 0.25) is 5.91 Å². The monoisotopic (exact) mass is 534 g/mol. The molecule has 206 valence electrons. The van der Waals surface area contributed by atoms with Crippen molar-refractivity contribution in [3.05, 3.63) is 77.6 Å². The molecule has 11 heteroatoms. The molecule has 39 heavy (non-hydrogen) atoms. The summed E-state index contributed by atoms with van der Waals surface area (Å²) in [6, 6.07) is 17.4. The highest BCUT2D eigenvalue weighted by Gasteiger charge is 2.31. The van der Waals surface area contributed by atoms with E-state index in [4.69, 9.17) is 4.74 Å². The first-order valence-electron chi connectivity index (χ1n) is 12.8. The highest BCUT2D eigenvalue weighted by Crippen LogP contribution is 2.22. The third-order valence-corrected chi connectivity index (χ3v) is 6.11. The van der Waals surface area contributed by atoms with Gasteiger partial charge in [-0.1, -0.05) is 32.0 Å². The fraction of sp³-hybridized carbons (Fsp3) is 0.357. The van der Waals surface area contributed by atoms with Crippen molar-refractivity contribution in [2.45, 2.75) is 39.6 Å². The summed E-state index contributed by atoms with van der Waals surface area (Å²) in [5, 5.41) is 29.0. The summed E-state index contributed by atoms with van der Waals surface area (Å²) in [6.07, 6.45) is 0.124. The number of carbonyl (C=O) groups excluding carboxylic acids is 3. The fourth-order valence-electron chi connectivity index (χ4n) is 4.13. The van der Waals surface area contributed by atoms with Crippen LogP contribution in [0.2, 0.25) is 0 Å². The van der Waals surface area contributed by atoms with Gasteiger partial charge in [-0.2, -0.15) is 5.10 Å². The molecule has 0 bridgehead atoms. The Balaban J connectivity index is 1.73. The predicted octanol–water partition coefficient (Wildman–Crippen LogP) is 2.68. The second-order valence-corrected chi connectivity index (χ2v) is 9.93. The molecule has 1 heterocycles. The molecular weight excluding hydrogens is 499 g/mol. The number of ether oxygens (including phenoxy) is 1. The van der Waals surface area contributed by atoms with Crippen molar-refractivity contribution in [2.24, 2.45) is 18.9 Å². The molecule has 0 aliphatic rings. The van der Waals surface area contributed by atoms with Crippen LogP contribution in [-0.4, -0.2) is 57.0 Å². The number of ketones is 1. The minimum Gasteiger partial charge on any atom is -0.457 e. The number of nitrogens with one attached hydrogen (secondary N) is 2. The van der Waals surface area contributed by atoms with Crippen LogP contribution in [0.25, 0.3) is 0 Å². The van der Waals surface area contributed by atoms with E-state index in [1.807, 2.05) is 44.2 Å². The highest BCUT2D eigenvalue weighted by molar-refractivity contribution is 6.43. The first-order chi connectivity index (χ1) is 18.5. The lowest BCUT2D eigenvalue weighted by atomic mass is 9.74. The highest BCUT2D eigenvalue weighted by atomic mass is 16.5. The number of aromatic nitrogens is 2. The van der Waals surface area contributed by atoms with E-state index in [1.54, 1.807) is 44.3 Å². The van der Waals surface area contributed by atoms with Crippen LogP contribution in [0, 0.1) is 18.8 Å². The molecule has 0 spiro atoms. The summed E-state index contributed by atoms with van der Waals surface area (Å²) in [5.41, 5.74) is 1.36. The van der Waals surface area contributed by atoms with Gasteiger partial charge in [0.1, 0.15) is 17.2 Å². The van der Waals surface area contributed by atoms with Gasteiger partial charge in [-0.3, -0.25) is 19.1 Å². The molecule has 1 aromatic heterocycles. The number of para-hydroxylation sites is 1. The van der Waals surface area contributed by atoms with Crippen LogP contribution in [0.5, 0.6) is 11.5 Å². The molecule has 2 aromatic carbocycles. The molecule has 2 atom stereocenters. The Morgan fingerprint density at radius 1 is 1.03 bits per heavy atom. The van der Waals surface area contributed by atoms with Gasteiger partial charge in [0.15, 0.2) is 5.78 Å². The van der Waals surface area contributed by atoms with Crippen molar-refractivity contribution in [1.29, 1.82) is 0 Å². The van der Waals surface area contributed by atoms with Crippen molar-refractivity contribution in [3.8, 4) is 11.5 Å². The summed E-state index contributed by atoms with van der Waals surface area (Å²) in [7, 11) is -0.128. The van der Waals surface area contributed by atoms with Crippen LogP contribution in [0.15, 0.2) is 60.7 Å². The van der Waals surface area contributed by atoms with Gasteiger partial charge in [-0.25, -0.2) is 0 Å². The van der Waals surface area contributed by atoms with E-state index in [2.05, 4.69) is 15.7 Å². The first-order valence-corrected chi connectivity index (χ1v) is 12.8. The maximum atomic E-state index is 13.2. The Bertz CT molecular complexity index is 1260. The summed E-state index contributed by atoms with van der Waals surface area (Å²) < 4.78 is 7.21. The molecule has 2 amide bonds.